The molecule has 0 aromatic heterocycles. The highest BCUT2D eigenvalue weighted by Crippen LogP contribution is 2.24. The van der Waals surface area contributed by atoms with Gasteiger partial charge in [0, 0.05) is 12.1 Å². The van der Waals surface area contributed by atoms with E-state index >= 15 is 0 Å². The van der Waals surface area contributed by atoms with Gasteiger partial charge in [0.1, 0.15) is 0 Å². The molecule has 0 saturated carbocycles. The lowest BCUT2D eigenvalue weighted by Gasteiger charge is -2.28. The van der Waals surface area contributed by atoms with Gasteiger partial charge in [-0.1, -0.05) is 72.8 Å². The van der Waals surface area contributed by atoms with Crippen LogP contribution in [0.1, 0.15) is 34.8 Å². The fraction of sp³-hybridized carbons (Fsp3) is 0.259. The Morgan fingerprint density at radius 3 is 2.00 bits per heavy atom. The lowest BCUT2D eigenvalue weighted by Crippen LogP contribution is -2.41. The molecule has 1 unspecified atom stereocenters. The van der Waals surface area contributed by atoms with Crippen LogP contribution in [0.5, 0.6) is 0 Å². The number of amides is 2. The minimum Gasteiger partial charge on any atom is -0.353 e. The summed E-state index contributed by atoms with van der Waals surface area (Å²) in [6, 6.07) is 27.9. The van der Waals surface area contributed by atoms with Crippen LogP contribution in [-0.4, -0.2) is 42.9 Å². The molecule has 5 heteroatoms. The summed E-state index contributed by atoms with van der Waals surface area (Å²) in [5.41, 5.74) is 3.90. The largest absolute Gasteiger partial charge is 0.353 e. The van der Waals surface area contributed by atoms with Crippen LogP contribution < -0.4 is 10.6 Å². The molecule has 3 aromatic rings. The van der Waals surface area contributed by atoms with E-state index in [1.54, 1.807) is 12.1 Å². The number of nitrogens with zero attached hydrogens (tertiary/aromatic N) is 1. The molecule has 1 fully saturated rings. The number of carbonyl (C=O) groups is 2. The third kappa shape index (κ3) is 5.62. The maximum absolute atomic E-state index is 12.5. The first-order valence-electron chi connectivity index (χ1n) is 11.2. The molecule has 0 spiro atoms. The normalized spacial score (nSPS) is 14.6. The Kier molecular flexibility index (Phi) is 7.31. The predicted octanol–water partition coefficient (Wildman–Crippen LogP) is 4.04. The Morgan fingerprint density at radius 1 is 0.750 bits per heavy atom. The molecular weight excluding hydrogens is 398 g/mol. The highest BCUT2D eigenvalue weighted by Gasteiger charge is 2.23. The van der Waals surface area contributed by atoms with Crippen molar-refractivity contribution in [1.29, 1.82) is 0 Å². The summed E-state index contributed by atoms with van der Waals surface area (Å²) in [4.78, 5) is 27.3. The first-order valence-corrected chi connectivity index (χ1v) is 11.2. The second-order valence-electron chi connectivity index (χ2n) is 8.10. The van der Waals surface area contributed by atoms with Crippen molar-refractivity contribution in [1.82, 2.24) is 15.5 Å². The Morgan fingerprint density at radius 2 is 1.34 bits per heavy atom. The molecule has 0 radical (unpaired) electrons. The highest BCUT2D eigenvalue weighted by atomic mass is 16.2. The lowest BCUT2D eigenvalue weighted by atomic mass is 10.0. The number of hydrogen-bond acceptors (Lipinski definition) is 3. The van der Waals surface area contributed by atoms with E-state index in [0.717, 1.165) is 24.2 Å². The van der Waals surface area contributed by atoms with Crippen molar-refractivity contribution >= 4 is 11.8 Å². The third-order valence-electron chi connectivity index (χ3n) is 5.92. The molecule has 1 aliphatic heterocycles. The van der Waals surface area contributed by atoms with Crippen molar-refractivity contribution in [2.45, 2.75) is 18.9 Å². The summed E-state index contributed by atoms with van der Waals surface area (Å²) in [5, 5.41) is 5.73. The van der Waals surface area contributed by atoms with Gasteiger partial charge in [0.05, 0.1) is 12.6 Å². The molecule has 4 rings (SSSR count). The second-order valence-corrected chi connectivity index (χ2v) is 8.10. The molecule has 32 heavy (non-hydrogen) atoms. The molecule has 1 saturated heterocycles. The molecule has 3 aromatic carbocycles. The van der Waals surface area contributed by atoms with Crippen LogP contribution in [0.15, 0.2) is 84.9 Å². The summed E-state index contributed by atoms with van der Waals surface area (Å²) in [6.45, 7) is 2.58. The van der Waals surface area contributed by atoms with E-state index < -0.39 is 0 Å². The third-order valence-corrected chi connectivity index (χ3v) is 5.92. The standard InChI is InChI=1S/C27H29N3O2/c31-26(28-19-25(30-17-7-8-18-30)23-11-5-2-6-12-23)20-29-27(32)24-15-13-22(14-16-24)21-9-3-1-4-10-21/h1-6,9-16,25H,7-8,17-20H2,(H,28,31)(H,29,32). The Bertz CT molecular complexity index is 1010. The molecule has 5 nitrogen and oxygen atoms in total. The number of rotatable bonds is 8. The molecule has 1 atom stereocenters. The van der Waals surface area contributed by atoms with E-state index in [4.69, 9.17) is 0 Å². The van der Waals surface area contributed by atoms with Crippen LogP contribution in [0.2, 0.25) is 0 Å². The zero-order valence-corrected chi connectivity index (χ0v) is 18.2. The maximum atomic E-state index is 12.5. The van der Waals surface area contributed by atoms with E-state index in [2.05, 4.69) is 27.7 Å². The van der Waals surface area contributed by atoms with Gasteiger partial charge in [-0.15, -0.1) is 0 Å². The zero-order chi connectivity index (χ0) is 22.2. The highest BCUT2D eigenvalue weighted by molar-refractivity contribution is 5.96. The minimum atomic E-state index is -0.251. The zero-order valence-electron chi connectivity index (χ0n) is 18.2. The average Bonchev–Trinajstić information content (AvgIpc) is 3.39. The summed E-state index contributed by atoms with van der Waals surface area (Å²) in [6.07, 6.45) is 2.38. The predicted molar refractivity (Wildman–Crippen MR) is 127 cm³/mol. The first-order chi connectivity index (χ1) is 15.7. The topological polar surface area (TPSA) is 61.4 Å². The van der Waals surface area contributed by atoms with Crippen molar-refractivity contribution in [3.8, 4) is 11.1 Å². The average molecular weight is 428 g/mol. The smallest absolute Gasteiger partial charge is 0.251 e. The monoisotopic (exact) mass is 427 g/mol. The van der Waals surface area contributed by atoms with Crippen molar-refractivity contribution in [2.75, 3.05) is 26.2 Å². The van der Waals surface area contributed by atoms with Crippen molar-refractivity contribution in [3.63, 3.8) is 0 Å². The van der Waals surface area contributed by atoms with Crippen LogP contribution in [0, 0.1) is 0 Å². The van der Waals surface area contributed by atoms with Gasteiger partial charge in [0.2, 0.25) is 5.91 Å². The van der Waals surface area contributed by atoms with Crippen LogP contribution in [-0.2, 0) is 4.79 Å². The molecule has 2 N–H and O–H groups in total. The van der Waals surface area contributed by atoms with Gasteiger partial charge in [0.15, 0.2) is 0 Å². The summed E-state index contributed by atoms with van der Waals surface area (Å²) in [7, 11) is 0. The Labute approximate surface area is 189 Å². The van der Waals surface area contributed by atoms with Gasteiger partial charge in [-0.05, 0) is 54.8 Å². The van der Waals surface area contributed by atoms with Gasteiger partial charge in [-0.3, -0.25) is 14.5 Å². The SMILES string of the molecule is O=C(CNC(=O)c1ccc(-c2ccccc2)cc1)NCC(c1ccccc1)N1CCCC1. The molecule has 1 aliphatic rings. The van der Waals surface area contributed by atoms with E-state index in [-0.39, 0.29) is 24.4 Å². The fourth-order valence-corrected chi connectivity index (χ4v) is 4.17. The van der Waals surface area contributed by atoms with E-state index in [1.807, 2.05) is 60.7 Å². The van der Waals surface area contributed by atoms with Gasteiger partial charge in [-0.2, -0.15) is 0 Å². The number of carbonyl (C=O) groups excluding carboxylic acids is 2. The van der Waals surface area contributed by atoms with Crippen molar-refractivity contribution in [2.24, 2.45) is 0 Å². The number of benzene rings is 3. The van der Waals surface area contributed by atoms with Gasteiger partial charge in [-0.25, -0.2) is 0 Å². The first kappa shape index (κ1) is 21.8. The quantitative estimate of drug-likeness (QED) is 0.570. The van der Waals surface area contributed by atoms with Gasteiger partial charge >= 0.3 is 0 Å². The lowest BCUT2D eigenvalue weighted by molar-refractivity contribution is -0.120. The van der Waals surface area contributed by atoms with E-state index in [9.17, 15) is 9.59 Å². The van der Waals surface area contributed by atoms with Gasteiger partial charge < -0.3 is 10.6 Å². The van der Waals surface area contributed by atoms with Crippen LogP contribution in [0.25, 0.3) is 11.1 Å². The van der Waals surface area contributed by atoms with Crippen molar-refractivity contribution in [3.05, 3.63) is 96.1 Å². The van der Waals surface area contributed by atoms with Gasteiger partial charge in [0.25, 0.3) is 5.91 Å². The summed E-state index contributed by atoms with van der Waals surface area (Å²) < 4.78 is 0. The Hall–Kier alpha value is -3.44. The molecule has 1 heterocycles. The van der Waals surface area contributed by atoms with E-state index in [1.165, 1.54) is 18.4 Å². The van der Waals surface area contributed by atoms with Crippen molar-refractivity contribution < 1.29 is 9.59 Å². The Balaban J connectivity index is 1.29. The van der Waals surface area contributed by atoms with E-state index in [0.29, 0.717) is 12.1 Å². The summed E-state index contributed by atoms with van der Waals surface area (Å²) in [5.74, 6) is -0.432. The molecule has 164 valence electrons. The minimum absolute atomic E-state index is 0.0409. The fourth-order valence-electron chi connectivity index (χ4n) is 4.17. The molecular formula is C27H29N3O2. The van der Waals surface area contributed by atoms with Crippen LogP contribution in [0.4, 0.5) is 0 Å². The van der Waals surface area contributed by atoms with Crippen LogP contribution >= 0.6 is 0 Å². The number of nitrogens with one attached hydrogen (secondary N) is 2. The van der Waals surface area contributed by atoms with Crippen LogP contribution in [0.3, 0.4) is 0 Å². The number of hydrogen-bond donors (Lipinski definition) is 2. The number of likely N-dealkylation sites (tertiary alicyclic amines) is 1. The second kappa shape index (κ2) is 10.7. The molecule has 0 aliphatic carbocycles. The molecule has 2 amide bonds. The summed E-state index contributed by atoms with van der Waals surface area (Å²) >= 11 is 0. The molecule has 0 bridgehead atoms. The maximum Gasteiger partial charge on any atom is 0.251 e.